The second kappa shape index (κ2) is 11.5. The van der Waals surface area contributed by atoms with Crippen LogP contribution in [0, 0.1) is 11.7 Å². The third kappa shape index (κ3) is 6.17. The topological polar surface area (TPSA) is 77.3 Å². The third-order valence-corrected chi connectivity index (χ3v) is 6.47. The fourth-order valence-corrected chi connectivity index (χ4v) is 4.26. The van der Waals surface area contributed by atoms with E-state index in [1.54, 1.807) is 38.2 Å². The van der Waals surface area contributed by atoms with Gasteiger partial charge in [-0.1, -0.05) is 33.3 Å². The predicted molar refractivity (Wildman–Crippen MR) is 137 cm³/mol. The van der Waals surface area contributed by atoms with E-state index in [1.165, 1.54) is 16.7 Å². The maximum atomic E-state index is 14.6. The van der Waals surface area contributed by atoms with Crippen LogP contribution in [-0.2, 0) is 17.6 Å². The Morgan fingerprint density at radius 1 is 1.14 bits per heavy atom. The van der Waals surface area contributed by atoms with E-state index in [2.05, 4.69) is 21.8 Å². The molecule has 0 amide bonds. The number of ether oxygens (including phenoxy) is 1. The van der Waals surface area contributed by atoms with E-state index >= 15 is 0 Å². The summed E-state index contributed by atoms with van der Waals surface area (Å²) in [6.45, 7) is 7.28. The number of Topliss-reactive ketones (excluding diaryl/α,β-unsaturated/α-hetero) is 1. The standard InChI is InChI=1S/C28H33FN4O3/c1-4-5-20-17-30-28(31-18-20)32-11-8-23(9-12-32)36-24-10-13-33(27(35)16-24)22-7-6-21(25(29)15-22)14-26(34)19(2)3/h6-7,10,13,15-19,23H,4-5,8-9,11-12,14H2,1-3H3. The zero-order valence-corrected chi connectivity index (χ0v) is 21.1. The van der Waals surface area contributed by atoms with E-state index in [4.69, 9.17) is 4.74 Å². The normalized spacial score (nSPS) is 14.3. The molecule has 190 valence electrons. The second-order valence-electron chi connectivity index (χ2n) is 9.59. The Kier molecular flexibility index (Phi) is 8.13. The lowest BCUT2D eigenvalue weighted by Crippen LogP contribution is -2.39. The molecule has 7 nitrogen and oxygen atoms in total. The Bertz CT molecular complexity index is 1250. The molecule has 0 spiro atoms. The van der Waals surface area contributed by atoms with Crippen molar-refractivity contribution in [1.82, 2.24) is 14.5 Å². The van der Waals surface area contributed by atoms with Crippen LogP contribution in [0.5, 0.6) is 5.75 Å². The minimum absolute atomic E-state index is 0.00825. The average Bonchev–Trinajstić information content (AvgIpc) is 2.86. The first-order chi connectivity index (χ1) is 17.3. The molecule has 0 unspecified atom stereocenters. The molecule has 0 bridgehead atoms. The molecule has 1 aliphatic heterocycles. The number of benzene rings is 1. The summed E-state index contributed by atoms with van der Waals surface area (Å²) in [5.41, 5.74) is 1.58. The highest BCUT2D eigenvalue weighted by molar-refractivity contribution is 5.82. The number of hydrogen-bond donors (Lipinski definition) is 0. The molecule has 1 fully saturated rings. The van der Waals surface area contributed by atoms with Crippen molar-refractivity contribution in [2.24, 2.45) is 5.92 Å². The van der Waals surface area contributed by atoms with Gasteiger partial charge in [-0.2, -0.15) is 0 Å². The second-order valence-corrected chi connectivity index (χ2v) is 9.59. The minimum atomic E-state index is -0.496. The van der Waals surface area contributed by atoms with Crippen molar-refractivity contribution in [3.05, 3.63) is 76.2 Å². The lowest BCUT2D eigenvalue weighted by molar-refractivity contribution is -0.121. The molecule has 0 atom stereocenters. The summed E-state index contributed by atoms with van der Waals surface area (Å²) in [5.74, 6) is 0.558. The maximum absolute atomic E-state index is 14.6. The molecule has 0 aliphatic carbocycles. The van der Waals surface area contributed by atoms with Crippen LogP contribution in [0.25, 0.3) is 5.69 Å². The maximum Gasteiger partial charge on any atom is 0.258 e. The van der Waals surface area contributed by atoms with E-state index < -0.39 is 5.82 Å². The van der Waals surface area contributed by atoms with Gasteiger partial charge in [0.2, 0.25) is 5.95 Å². The van der Waals surface area contributed by atoms with Crippen LogP contribution in [0.1, 0.15) is 51.2 Å². The van der Waals surface area contributed by atoms with Gasteiger partial charge in [0.05, 0.1) is 5.69 Å². The van der Waals surface area contributed by atoms with Crippen LogP contribution in [0.15, 0.2) is 53.7 Å². The van der Waals surface area contributed by atoms with Gasteiger partial charge < -0.3 is 9.64 Å². The smallest absolute Gasteiger partial charge is 0.258 e. The molecule has 2 aromatic heterocycles. The minimum Gasteiger partial charge on any atom is -0.490 e. The van der Waals surface area contributed by atoms with Gasteiger partial charge in [-0.25, -0.2) is 14.4 Å². The first kappa shape index (κ1) is 25.5. The number of nitrogens with zero attached hydrogens (tertiary/aromatic N) is 4. The molecule has 3 aromatic rings. The lowest BCUT2D eigenvalue weighted by atomic mass is 10.0. The number of pyridine rings is 1. The molecule has 1 aromatic carbocycles. The van der Waals surface area contributed by atoms with Crippen LogP contribution in [0.2, 0.25) is 0 Å². The highest BCUT2D eigenvalue weighted by Crippen LogP contribution is 2.21. The van der Waals surface area contributed by atoms with Crippen molar-refractivity contribution in [2.75, 3.05) is 18.0 Å². The number of hydrogen-bond acceptors (Lipinski definition) is 6. The predicted octanol–water partition coefficient (Wildman–Crippen LogP) is 4.53. The number of halogens is 1. The fourth-order valence-electron chi connectivity index (χ4n) is 4.26. The summed E-state index contributed by atoms with van der Waals surface area (Å²) < 4.78 is 22.0. The molecule has 3 heterocycles. The Morgan fingerprint density at radius 2 is 1.86 bits per heavy atom. The van der Waals surface area contributed by atoms with Crippen LogP contribution in [0.3, 0.4) is 0 Å². The summed E-state index contributed by atoms with van der Waals surface area (Å²) in [6, 6.07) is 7.65. The summed E-state index contributed by atoms with van der Waals surface area (Å²) in [6.07, 6.45) is 9.06. The van der Waals surface area contributed by atoms with Gasteiger partial charge in [-0.05, 0) is 35.7 Å². The summed E-state index contributed by atoms with van der Waals surface area (Å²) in [5, 5.41) is 0. The van der Waals surface area contributed by atoms with E-state index in [9.17, 15) is 14.0 Å². The monoisotopic (exact) mass is 492 g/mol. The van der Waals surface area contributed by atoms with Crippen molar-refractivity contribution in [2.45, 2.75) is 59.0 Å². The first-order valence-electron chi connectivity index (χ1n) is 12.6. The van der Waals surface area contributed by atoms with Crippen molar-refractivity contribution >= 4 is 11.7 Å². The largest absolute Gasteiger partial charge is 0.490 e. The van der Waals surface area contributed by atoms with Crippen molar-refractivity contribution < 1.29 is 13.9 Å². The number of rotatable bonds is 9. The van der Waals surface area contributed by atoms with Crippen LogP contribution in [-0.4, -0.2) is 39.5 Å². The Labute approximate surface area is 211 Å². The van der Waals surface area contributed by atoms with Crippen LogP contribution >= 0.6 is 0 Å². The highest BCUT2D eigenvalue weighted by Gasteiger charge is 2.22. The van der Waals surface area contributed by atoms with E-state index in [1.807, 2.05) is 12.4 Å². The molecule has 4 rings (SSSR count). The number of carbonyl (C=O) groups is 1. The van der Waals surface area contributed by atoms with Gasteiger partial charge in [0.1, 0.15) is 23.5 Å². The lowest BCUT2D eigenvalue weighted by Gasteiger charge is -2.32. The molecule has 8 heteroatoms. The molecule has 0 N–H and O–H groups in total. The van der Waals surface area contributed by atoms with Gasteiger partial charge in [0.25, 0.3) is 5.56 Å². The number of aryl methyl sites for hydroxylation is 1. The van der Waals surface area contributed by atoms with Crippen molar-refractivity contribution in [3.8, 4) is 11.4 Å². The van der Waals surface area contributed by atoms with E-state index in [0.29, 0.717) is 17.0 Å². The number of ketones is 1. The Morgan fingerprint density at radius 3 is 2.47 bits per heavy atom. The van der Waals surface area contributed by atoms with Gasteiger partial charge in [-0.3, -0.25) is 14.2 Å². The molecular weight excluding hydrogens is 459 g/mol. The van der Waals surface area contributed by atoms with Crippen molar-refractivity contribution in [3.63, 3.8) is 0 Å². The van der Waals surface area contributed by atoms with Crippen LogP contribution < -0.4 is 15.2 Å². The molecular formula is C28H33FN4O3. The molecule has 0 radical (unpaired) electrons. The SMILES string of the molecule is CCCc1cnc(N2CCC(Oc3ccn(-c4ccc(CC(=O)C(C)C)c(F)c4)c(=O)c3)CC2)nc1. The number of carbonyl (C=O) groups excluding carboxylic acids is 1. The highest BCUT2D eigenvalue weighted by atomic mass is 19.1. The molecule has 1 saturated heterocycles. The summed E-state index contributed by atoms with van der Waals surface area (Å²) in [4.78, 5) is 35.8. The zero-order chi connectivity index (χ0) is 25.7. The van der Waals surface area contributed by atoms with Crippen LogP contribution in [0.4, 0.5) is 10.3 Å². The zero-order valence-electron chi connectivity index (χ0n) is 21.1. The van der Waals surface area contributed by atoms with Crippen molar-refractivity contribution in [1.29, 1.82) is 0 Å². The van der Waals surface area contributed by atoms with Gasteiger partial charge in [0.15, 0.2) is 0 Å². The Hall–Kier alpha value is -3.55. The fraction of sp³-hybridized carbons (Fsp3) is 0.429. The molecule has 36 heavy (non-hydrogen) atoms. The number of aromatic nitrogens is 3. The van der Waals surface area contributed by atoms with Gasteiger partial charge >= 0.3 is 0 Å². The van der Waals surface area contributed by atoms with Gasteiger partial charge in [-0.15, -0.1) is 0 Å². The third-order valence-electron chi connectivity index (χ3n) is 6.47. The van der Waals surface area contributed by atoms with E-state index in [0.717, 1.165) is 50.3 Å². The Balaban J connectivity index is 1.36. The quantitative estimate of drug-likeness (QED) is 0.437. The van der Waals surface area contributed by atoms with E-state index in [-0.39, 0.29) is 29.8 Å². The summed E-state index contributed by atoms with van der Waals surface area (Å²) in [7, 11) is 0. The summed E-state index contributed by atoms with van der Waals surface area (Å²) >= 11 is 0. The molecule has 0 saturated carbocycles. The number of anilines is 1. The number of piperidine rings is 1. The van der Waals surface area contributed by atoms with Gasteiger partial charge in [0, 0.05) is 62.9 Å². The average molecular weight is 493 g/mol. The molecule has 1 aliphatic rings. The first-order valence-corrected chi connectivity index (χ1v) is 12.6.